The lowest BCUT2D eigenvalue weighted by Gasteiger charge is -2.26. The van der Waals surface area contributed by atoms with Crippen LogP contribution in [0.5, 0.6) is 0 Å². The molecule has 7 nitrogen and oxygen atoms in total. The van der Waals surface area contributed by atoms with E-state index in [1.54, 1.807) is 0 Å². The second-order valence-electron chi connectivity index (χ2n) is 7.34. The molecular weight excluding hydrogens is 425 g/mol. The fourth-order valence-corrected chi connectivity index (χ4v) is 3.43. The van der Waals surface area contributed by atoms with Gasteiger partial charge in [0.15, 0.2) is 0 Å². The van der Waals surface area contributed by atoms with E-state index in [-0.39, 0.29) is 23.6 Å². The largest absolute Gasteiger partial charge is 0.415 e. The topological polar surface area (TPSA) is 71.7 Å². The molecule has 1 saturated heterocycles. The van der Waals surface area contributed by atoms with Crippen LogP contribution in [-0.4, -0.2) is 47.8 Å². The number of morpholine rings is 1. The lowest BCUT2D eigenvalue weighted by Crippen LogP contribution is -2.35. The van der Waals surface area contributed by atoms with E-state index in [4.69, 9.17) is 9.15 Å². The van der Waals surface area contributed by atoms with Crippen molar-refractivity contribution in [3.8, 4) is 11.5 Å². The summed E-state index contributed by atoms with van der Waals surface area (Å²) in [6, 6.07) is 11.6. The summed E-state index contributed by atoms with van der Waals surface area (Å²) in [5.41, 5.74) is 2.18. The molecule has 0 atom stereocenters. The second kappa shape index (κ2) is 9.92. The summed E-state index contributed by atoms with van der Waals surface area (Å²) in [4.78, 5) is 15.3. The Labute approximate surface area is 182 Å². The maximum Gasteiger partial charge on any atom is 0.314 e. The van der Waals surface area contributed by atoms with Crippen molar-refractivity contribution < 1.29 is 27.1 Å². The van der Waals surface area contributed by atoms with Crippen LogP contribution < -0.4 is 4.90 Å². The molecule has 1 aromatic heterocycles. The number of amides is 1. The summed E-state index contributed by atoms with van der Waals surface area (Å²) < 4.78 is 50.1. The van der Waals surface area contributed by atoms with Crippen LogP contribution in [0.4, 0.5) is 18.9 Å². The van der Waals surface area contributed by atoms with Crippen LogP contribution in [0, 0.1) is 5.82 Å². The number of ether oxygens (including phenoxy) is 1. The Kier molecular flexibility index (Phi) is 6.81. The van der Waals surface area contributed by atoms with Crippen molar-refractivity contribution in [2.45, 2.75) is 19.5 Å². The molecule has 168 valence electrons. The van der Waals surface area contributed by atoms with Crippen molar-refractivity contribution in [3.63, 3.8) is 0 Å². The number of anilines is 1. The second-order valence-corrected chi connectivity index (χ2v) is 7.34. The summed E-state index contributed by atoms with van der Waals surface area (Å²) in [7, 11) is 0. The van der Waals surface area contributed by atoms with E-state index in [1.165, 1.54) is 17.0 Å². The van der Waals surface area contributed by atoms with Crippen LogP contribution in [-0.2, 0) is 22.6 Å². The number of carbonyl (C=O) groups is 1. The van der Waals surface area contributed by atoms with E-state index in [1.807, 2.05) is 24.3 Å². The number of rotatable bonds is 8. The SMILES string of the molecule is O=CN(Cc1ccc(-c2nnc(C(F)F)o2)cc1F)c1ccc(CN2CCOCC2)cc1. The smallest absolute Gasteiger partial charge is 0.314 e. The summed E-state index contributed by atoms with van der Waals surface area (Å²) in [6.45, 7) is 4.01. The molecule has 4 rings (SSSR count). The molecule has 2 aromatic carbocycles. The van der Waals surface area contributed by atoms with E-state index in [0.29, 0.717) is 12.1 Å². The van der Waals surface area contributed by atoms with Gasteiger partial charge in [-0.25, -0.2) is 4.39 Å². The molecule has 32 heavy (non-hydrogen) atoms. The highest BCUT2D eigenvalue weighted by Crippen LogP contribution is 2.26. The first-order chi connectivity index (χ1) is 15.5. The van der Waals surface area contributed by atoms with E-state index >= 15 is 0 Å². The number of aromatic nitrogens is 2. The number of carbonyl (C=O) groups excluding carboxylic acids is 1. The third kappa shape index (κ3) is 5.14. The van der Waals surface area contributed by atoms with Crippen molar-refractivity contribution in [2.75, 3.05) is 31.2 Å². The number of hydrogen-bond acceptors (Lipinski definition) is 6. The first-order valence-electron chi connectivity index (χ1n) is 10.0. The van der Waals surface area contributed by atoms with Gasteiger partial charge in [0, 0.05) is 36.4 Å². The summed E-state index contributed by atoms with van der Waals surface area (Å²) in [5.74, 6) is -1.64. The standard InChI is InChI=1S/C22H21F3N4O3/c23-19-11-16(21-26-27-22(32-21)20(24)25)3-4-17(19)13-29(14-30)18-5-1-15(2-6-18)12-28-7-9-31-10-8-28/h1-6,11,14,20H,7-10,12-13H2. The normalized spacial score (nSPS) is 14.6. The zero-order valence-corrected chi connectivity index (χ0v) is 17.1. The van der Waals surface area contributed by atoms with Crippen LogP contribution in [0.3, 0.4) is 0 Å². The molecule has 10 heteroatoms. The Morgan fingerprint density at radius 2 is 1.84 bits per heavy atom. The number of alkyl halides is 2. The Morgan fingerprint density at radius 3 is 2.47 bits per heavy atom. The van der Waals surface area contributed by atoms with Crippen LogP contribution >= 0.6 is 0 Å². The van der Waals surface area contributed by atoms with Gasteiger partial charge in [-0.3, -0.25) is 9.69 Å². The minimum Gasteiger partial charge on any atom is -0.415 e. The maximum atomic E-state index is 14.6. The molecule has 1 amide bonds. The molecule has 1 fully saturated rings. The molecule has 1 aliphatic heterocycles. The van der Waals surface area contributed by atoms with Gasteiger partial charge in [-0.2, -0.15) is 8.78 Å². The summed E-state index contributed by atoms with van der Waals surface area (Å²) in [5, 5.41) is 6.75. The molecule has 0 N–H and O–H groups in total. The quantitative estimate of drug-likeness (QED) is 0.490. The van der Waals surface area contributed by atoms with Gasteiger partial charge < -0.3 is 14.1 Å². The highest BCUT2D eigenvalue weighted by Gasteiger charge is 2.18. The average Bonchev–Trinajstić information content (AvgIpc) is 3.30. The number of hydrogen-bond donors (Lipinski definition) is 0. The van der Waals surface area contributed by atoms with Crippen LogP contribution in [0.2, 0.25) is 0 Å². The van der Waals surface area contributed by atoms with Crippen LogP contribution in [0.25, 0.3) is 11.5 Å². The van der Waals surface area contributed by atoms with Gasteiger partial charge in [0.2, 0.25) is 12.3 Å². The Bertz CT molecular complexity index is 1050. The van der Waals surface area contributed by atoms with Gasteiger partial charge in [-0.15, -0.1) is 10.2 Å². The minimum atomic E-state index is -2.90. The fourth-order valence-electron chi connectivity index (χ4n) is 3.43. The number of halogens is 3. The molecule has 0 unspecified atom stereocenters. The lowest BCUT2D eigenvalue weighted by atomic mass is 10.1. The van der Waals surface area contributed by atoms with Crippen LogP contribution in [0.15, 0.2) is 46.9 Å². The summed E-state index contributed by atoms with van der Waals surface area (Å²) >= 11 is 0. The zero-order valence-electron chi connectivity index (χ0n) is 17.1. The third-order valence-corrected chi connectivity index (χ3v) is 5.17. The molecule has 1 aliphatic rings. The Hall–Kier alpha value is -3.24. The first-order valence-corrected chi connectivity index (χ1v) is 10.0. The molecule has 0 spiro atoms. The zero-order chi connectivity index (χ0) is 22.5. The predicted octanol–water partition coefficient (Wildman–Crippen LogP) is 3.81. The average molecular weight is 446 g/mol. The predicted molar refractivity (Wildman–Crippen MR) is 109 cm³/mol. The van der Waals surface area contributed by atoms with E-state index in [2.05, 4.69) is 15.1 Å². The molecule has 0 saturated carbocycles. The van der Waals surface area contributed by atoms with Gasteiger partial charge in [0.25, 0.3) is 5.89 Å². The van der Waals surface area contributed by atoms with Gasteiger partial charge in [0.1, 0.15) is 5.82 Å². The highest BCUT2D eigenvalue weighted by molar-refractivity contribution is 5.75. The minimum absolute atomic E-state index is 0.00451. The molecule has 0 bridgehead atoms. The van der Waals surface area contributed by atoms with Crippen molar-refractivity contribution in [1.82, 2.24) is 15.1 Å². The molecular formula is C22H21F3N4O3. The molecule has 3 aromatic rings. The van der Waals surface area contributed by atoms with Gasteiger partial charge in [0.05, 0.1) is 19.8 Å². The first kappa shape index (κ1) is 22.0. The highest BCUT2D eigenvalue weighted by atomic mass is 19.3. The Morgan fingerprint density at radius 1 is 1.09 bits per heavy atom. The maximum absolute atomic E-state index is 14.6. The van der Waals surface area contributed by atoms with Crippen molar-refractivity contribution in [3.05, 3.63) is 65.3 Å². The molecule has 0 radical (unpaired) electrons. The lowest BCUT2D eigenvalue weighted by molar-refractivity contribution is -0.107. The van der Waals surface area contributed by atoms with E-state index < -0.39 is 18.1 Å². The summed E-state index contributed by atoms with van der Waals surface area (Å²) in [6.07, 6.45) is -2.26. The third-order valence-electron chi connectivity index (χ3n) is 5.17. The molecule has 0 aliphatic carbocycles. The van der Waals surface area contributed by atoms with Crippen molar-refractivity contribution >= 4 is 12.1 Å². The Balaban J connectivity index is 1.44. The van der Waals surface area contributed by atoms with Crippen LogP contribution in [0.1, 0.15) is 23.4 Å². The van der Waals surface area contributed by atoms with E-state index in [0.717, 1.165) is 44.5 Å². The number of nitrogens with zero attached hydrogens (tertiary/aromatic N) is 4. The van der Waals surface area contributed by atoms with Gasteiger partial charge in [-0.05, 0) is 29.8 Å². The van der Waals surface area contributed by atoms with Crippen molar-refractivity contribution in [1.29, 1.82) is 0 Å². The van der Waals surface area contributed by atoms with Gasteiger partial charge >= 0.3 is 6.43 Å². The fraction of sp³-hybridized carbons (Fsp3) is 0.318. The van der Waals surface area contributed by atoms with Gasteiger partial charge in [-0.1, -0.05) is 18.2 Å². The monoisotopic (exact) mass is 446 g/mol. The molecule has 2 heterocycles. The van der Waals surface area contributed by atoms with Crippen molar-refractivity contribution in [2.24, 2.45) is 0 Å². The van der Waals surface area contributed by atoms with E-state index in [9.17, 15) is 18.0 Å². The number of benzene rings is 2.